The Balaban J connectivity index is 2.18. The highest BCUT2D eigenvalue weighted by Crippen LogP contribution is 2.19. The number of hydrogen-bond acceptors (Lipinski definition) is 4. The Kier molecular flexibility index (Phi) is 5.98. The van der Waals surface area contributed by atoms with Gasteiger partial charge in [0.25, 0.3) is 0 Å². The van der Waals surface area contributed by atoms with Gasteiger partial charge in [0, 0.05) is 13.1 Å². The van der Waals surface area contributed by atoms with Crippen LogP contribution in [0.2, 0.25) is 0 Å². The first kappa shape index (κ1) is 19.1. The summed E-state index contributed by atoms with van der Waals surface area (Å²) in [5.74, 6) is -0.549. The highest BCUT2D eigenvalue weighted by atomic mass is 32.2. The zero-order valence-electron chi connectivity index (χ0n) is 14.9. The van der Waals surface area contributed by atoms with Crippen molar-refractivity contribution in [3.8, 4) is 0 Å². The van der Waals surface area contributed by atoms with Crippen molar-refractivity contribution in [3.05, 3.63) is 65.2 Å². The van der Waals surface area contributed by atoms with Gasteiger partial charge in [-0.15, -0.1) is 0 Å². The lowest BCUT2D eigenvalue weighted by molar-refractivity contribution is 0.0472. The van der Waals surface area contributed by atoms with E-state index in [4.69, 9.17) is 4.74 Å². The first-order chi connectivity index (χ1) is 11.7. The minimum Gasteiger partial charge on any atom is -0.457 e. The topological polar surface area (TPSA) is 63.7 Å². The molecule has 134 valence electrons. The normalized spacial score (nSPS) is 11.8. The molecule has 0 bridgehead atoms. The molecule has 0 fully saturated rings. The van der Waals surface area contributed by atoms with Crippen LogP contribution in [0.5, 0.6) is 0 Å². The Labute approximate surface area is 149 Å². The Bertz CT molecular complexity index is 859. The number of rotatable bonds is 6. The van der Waals surface area contributed by atoms with Gasteiger partial charge in [-0.25, -0.2) is 13.2 Å². The largest absolute Gasteiger partial charge is 0.457 e. The molecule has 0 saturated carbocycles. The molecule has 0 atom stereocenters. The molecular weight excluding hydrogens is 338 g/mol. The van der Waals surface area contributed by atoms with E-state index in [1.807, 2.05) is 31.2 Å². The van der Waals surface area contributed by atoms with Gasteiger partial charge in [-0.2, -0.15) is 4.31 Å². The molecule has 0 spiro atoms. The standard InChI is InChI=1S/C19H23NO4S/c1-14(2)20(4)25(22,23)18-11-7-10-16(12-18)19(21)24-13-17-9-6-5-8-15(17)3/h5-12,14H,13H2,1-4H3. The Morgan fingerprint density at radius 2 is 1.80 bits per heavy atom. The minimum absolute atomic E-state index is 0.0778. The van der Waals surface area contributed by atoms with E-state index >= 15 is 0 Å². The number of nitrogens with zero attached hydrogens (tertiary/aromatic N) is 1. The van der Waals surface area contributed by atoms with E-state index in [1.54, 1.807) is 26.0 Å². The predicted octanol–water partition coefficient (Wildman–Crippen LogP) is 3.38. The van der Waals surface area contributed by atoms with Crippen LogP contribution in [0.1, 0.15) is 35.3 Å². The van der Waals surface area contributed by atoms with Crippen LogP contribution in [0, 0.1) is 6.92 Å². The smallest absolute Gasteiger partial charge is 0.338 e. The molecule has 0 aromatic heterocycles. The van der Waals surface area contributed by atoms with Crippen molar-refractivity contribution in [1.29, 1.82) is 0 Å². The number of sulfonamides is 1. The average Bonchev–Trinajstić information content (AvgIpc) is 2.60. The lowest BCUT2D eigenvalue weighted by atomic mass is 10.1. The highest BCUT2D eigenvalue weighted by Gasteiger charge is 2.24. The molecule has 0 radical (unpaired) electrons. The van der Waals surface area contributed by atoms with Gasteiger partial charge in [-0.3, -0.25) is 0 Å². The number of carbonyl (C=O) groups is 1. The SMILES string of the molecule is Cc1ccccc1COC(=O)c1cccc(S(=O)(=O)N(C)C(C)C)c1. The van der Waals surface area contributed by atoms with Crippen molar-refractivity contribution in [3.63, 3.8) is 0 Å². The lowest BCUT2D eigenvalue weighted by Crippen LogP contribution is -2.33. The number of hydrogen-bond donors (Lipinski definition) is 0. The maximum atomic E-state index is 12.5. The second kappa shape index (κ2) is 7.80. The summed E-state index contributed by atoms with van der Waals surface area (Å²) in [7, 11) is -2.13. The third-order valence-electron chi connectivity index (χ3n) is 4.09. The van der Waals surface area contributed by atoms with Gasteiger partial charge in [-0.05, 0) is 50.1 Å². The molecule has 0 N–H and O–H groups in total. The van der Waals surface area contributed by atoms with Gasteiger partial charge >= 0.3 is 5.97 Å². The summed E-state index contributed by atoms with van der Waals surface area (Å²) >= 11 is 0. The van der Waals surface area contributed by atoms with E-state index in [2.05, 4.69) is 0 Å². The van der Waals surface area contributed by atoms with Crippen LogP contribution in [-0.2, 0) is 21.4 Å². The van der Waals surface area contributed by atoms with E-state index < -0.39 is 16.0 Å². The first-order valence-electron chi connectivity index (χ1n) is 8.03. The molecule has 0 aliphatic rings. The minimum atomic E-state index is -3.64. The van der Waals surface area contributed by atoms with Crippen molar-refractivity contribution in [1.82, 2.24) is 4.31 Å². The van der Waals surface area contributed by atoms with Crippen molar-refractivity contribution in [2.45, 2.75) is 38.3 Å². The van der Waals surface area contributed by atoms with Crippen LogP contribution < -0.4 is 0 Å². The Hall–Kier alpha value is -2.18. The number of aryl methyl sites for hydroxylation is 1. The van der Waals surface area contributed by atoms with Crippen LogP contribution in [-0.4, -0.2) is 31.8 Å². The third-order valence-corrected chi connectivity index (χ3v) is 6.12. The molecule has 0 heterocycles. The summed E-state index contributed by atoms with van der Waals surface area (Å²) in [6.45, 7) is 5.67. The van der Waals surface area contributed by atoms with Crippen molar-refractivity contribution < 1.29 is 17.9 Å². The second-order valence-corrected chi connectivity index (χ2v) is 8.14. The maximum Gasteiger partial charge on any atom is 0.338 e. The fraction of sp³-hybridized carbons (Fsp3) is 0.316. The second-order valence-electron chi connectivity index (χ2n) is 6.15. The summed E-state index contributed by atoms with van der Waals surface area (Å²) in [4.78, 5) is 12.4. The third kappa shape index (κ3) is 4.46. The van der Waals surface area contributed by atoms with Crippen LogP contribution in [0.3, 0.4) is 0 Å². The molecule has 5 nitrogen and oxygen atoms in total. The van der Waals surface area contributed by atoms with Gasteiger partial charge in [0.2, 0.25) is 10.0 Å². The monoisotopic (exact) mass is 361 g/mol. The summed E-state index contributed by atoms with van der Waals surface area (Å²) in [5, 5.41) is 0. The van der Waals surface area contributed by atoms with Crippen LogP contribution in [0.15, 0.2) is 53.4 Å². The molecule has 0 unspecified atom stereocenters. The summed E-state index contributed by atoms with van der Waals surface area (Å²) in [6.07, 6.45) is 0. The van der Waals surface area contributed by atoms with Crippen LogP contribution >= 0.6 is 0 Å². The molecule has 2 aromatic carbocycles. The van der Waals surface area contributed by atoms with Crippen LogP contribution in [0.25, 0.3) is 0 Å². The van der Waals surface area contributed by atoms with Crippen molar-refractivity contribution in [2.75, 3.05) is 7.05 Å². The van der Waals surface area contributed by atoms with E-state index in [1.165, 1.54) is 23.5 Å². The lowest BCUT2D eigenvalue weighted by Gasteiger charge is -2.21. The maximum absolute atomic E-state index is 12.5. The fourth-order valence-electron chi connectivity index (χ4n) is 2.23. The number of ether oxygens (including phenoxy) is 1. The van der Waals surface area contributed by atoms with Gasteiger partial charge in [-0.1, -0.05) is 30.3 Å². The van der Waals surface area contributed by atoms with Gasteiger partial charge in [0.15, 0.2) is 0 Å². The molecule has 0 aliphatic heterocycles. The molecule has 0 saturated heterocycles. The molecular formula is C19H23NO4S. The quantitative estimate of drug-likeness (QED) is 0.740. The molecule has 0 amide bonds. The zero-order chi connectivity index (χ0) is 18.6. The first-order valence-corrected chi connectivity index (χ1v) is 9.47. The molecule has 2 aromatic rings. The zero-order valence-corrected chi connectivity index (χ0v) is 15.7. The molecule has 2 rings (SSSR count). The van der Waals surface area contributed by atoms with Crippen molar-refractivity contribution in [2.24, 2.45) is 0 Å². The Morgan fingerprint density at radius 3 is 2.44 bits per heavy atom. The molecule has 0 aliphatic carbocycles. The van der Waals surface area contributed by atoms with E-state index in [0.29, 0.717) is 0 Å². The van der Waals surface area contributed by atoms with E-state index in [-0.39, 0.29) is 23.1 Å². The van der Waals surface area contributed by atoms with Gasteiger partial charge < -0.3 is 4.74 Å². The fourth-order valence-corrected chi connectivity index (χ4v) is 3.64. The average molecular weight is 361 g/mol. The van der Waals surface area contributed by atoms with Gasteiger partial charge in [0.05, 0.1) is 10.5 Å². The van der Waals surface area contributed by atoms with Crippen LogP contribution in [0.4, 0.5) is 0 Å². The number of carbonyl (C=O) groups excluding carboxylic acids is 1. The van der Waals surface area contributed by atoms with Gasteiger partial charge in [0.1, 0.15) is 6.61 Å². The summed E-state index contributed by atoms with van der Waals surface area (Å²) in [5.41, 5.74) is 2.16. The summed E-state index contributed by atoms with van der Waals surface area (Å²) < 4.78 is 31.7. The van der Waals surface area contributed by atoms with E-state index in [0.717, 1.165) is 11.1 Å². The summed E-state index contributed by atoms with van der Waals surface area (Å²) in [6, 6.07) is 13.4. The Morgan fingerprint density at radius 1 is 1.12 bits per heavy atom. The van der Waals surface area contributed by atoms with Crippen molar-refractivity contribution >= 4 is 16.0 Å². The van der Waals surface area contributed by atoms with E-state index in [9.17, 15) is 13.2 Å². The molecule has 25 heavy (non-hydrogen) atoms. The number of esters is 1. The highest BCUT2D eigenvalue weighted by molar-refractivity contribution is 7.89. The number of benzene rings is 2. The molecule has 6 heteroatoms. The predicted molar refractivity (Wildman–Crippen MR) is 96.8 cm³/mol.